The van der Waals surface area contributed by atoms with Crippen molar-refractivity contribution >= 4 is 24.1 Å². The molecular formula is C11H14O3S2. The van der Waals surface area contributed by atoms with Gasteiger partial charge in [0, 0.05) is 29.6 Å². The van der Waals surface area contributed by atoms with Crippen molar-refractivity contribution in [1.82, 2.24) is 0 Å². The third kappa shape index (κ3) is 2.24. The smallest absolute Gasteiger partial charge is 0.237 e. The van der Waals surface area contributed by atoms with E-state index >= 15 is 0 Å². The van der Waals surface area contributed by atoms with Crippen LogP contribution >= 0.6 is 24.1 Å². The summed E-state index contributed by atoms with van der Waals surface area (Å²) in [7, 11) is 3.28. The van der Waals surface area contributed by atoms with Gasteiger partial charge in [0.05, 0.1) is 20.8 Å². The van der Waals surface area contributed by atoms with Gasteiger partial charge in [-0.15, -0.1) is 0 Å². The Morgan fingerprint density at radius 2 is 1.88 bits per heavy atom. The van der Waals surface area contributed by atoms with Crippen molar-refractivity contribution in [2.45, 2.75) is 10.7 Å². The largest absolute Gasteiger partial charge is 0.347 e. The van der Waals surface area contributed by atoms with Gasteiger partial charge >= 0.3 is 0 Å². The van der Waals surface area contributed by atoms with Crippen molar-refractivity contribution in [3.63, 3.8) is 0 Å². The lowest BCUT2D eigenvalue weighted by molar-refractivity contribution is 0.0683. The number of rotatable bonds is 4. The molecule has 0 atom stereocenters. The molecule has 0 bridgehead atoms. The highest BCUT2D eigenvalue weighted by Crippen LogP contribution is 2.51. The molecule has 88 valence electrons. The van der Waals surface area contributed by atoms with E-state index in [0.29, 0.717) is 6.61 Å². The van der Waals surface area contributed by atoms with E-state index in [4.69, 9.17) is 13.1 Å². The zero-order chi connectivity index (χ0) is 11.4. The standard InChI is InChI=1S/C11H14O3S2/c1-12-15-11(16-13-2)10-6-4-3-5-9(10)7-8-14-11/h3-6H,7-8H2,1-2H3. The van der Waals surface area contributed by atoms with Crippen molar-refractivity contribution in [2.75, 3.05) is 20.8 Å². The lowest BCUT2D eigenvalue weighted by Crippen LogP contribution is -2.29. The van der Waals surface area contributed by atoms with Gasteiger partial charge in [0.2, 0.25) is 4.27 Å². The second kappa shape index (κ2) is 5.42. The highest BCUT2D eigenvalue weighted by atomic mass is 32.2. The van der Waals surface area contributed by atoms with Crippen molar-refractivity contribution in [3.8, 4) is 0 Å². The van der Waals surface area contributed by atoms with Crippen LogP contribution in [0.1, 0.15) is 11.1 Å². The third-order valence-electron chi connectivity index (χ3n) is 2.40. The van der Waals surface area contributed by atoms with Crippen molar-refractivity contribution in [2.24, 2.45) is 0 Å². The van der Waals surface area contributed by atoms with Crippen LogP contribution in [-0.2, 0) is 23.8 Å². The second-order valence-electron chi connectivity index (χ2n) is 3.31. The Bertz CT molecular complexity index is 351. The molecule has 5 heteroatoms. The molecule has 3 nitrogen and oxygen atoms in total. The van der Waals surface area contributed by atoms with Crippen molar-refractivity contribution < 1.29 is 13.1 Å². The average molecular weight is 258 g/mol. The quantitative estimate of drug-likeness (QED) is 0.611. The number of benzene rings is 1. The minimum atomic E-state index is -0.599. The molecule has 0 amide bonds. The SMILES string of the molecule is COSC1(SOC)OCCc2ccccc21. The monoisotopic (exact) mass is 258 g/mol. The molecule has 2 rings (SSSR count). The topological polar surface area (TPSA) is 27.7 Å². The Morgan fingerprint density at radius 3 is 2.56 bits per heavy atom. The molecule has 0 N–H and O–H groups in total. The average Bonchev–Trinajstić information content (AvgIpc) is 2.30. The summed E-state index contributed by atoms with van der Waals surface area (Å²) in [6.07, 6.45) is 0.937. The molecule has 0 spiro atoms. The van der Waals surface area contributed by atoms with E-state index in [9.17, 15) is 0 Å². The first-order valence-corrected chi connectivity index (χ1v) is 6.46. The van der Waals surface area contributed by atoms with Crippen LogP contribution in [0.25, 0.3) is 0 Å². The van der Waals surface area contributed by atoms with Gasteiger partial charge in [-0.1, -0.05) is 24.3 Å². The van der Waals surface area contributed by atoms with Gasteiger partial charge < -0.3 is 13.1 Å². The number of hydrogen-bond acceptors (Lipinski definition) is 5. The van der Waals surface area contributed by atoms with Crippen molar-refractivity contribution in [3.05, 3.63) is 35.4 Å². The first kappa shape index (κ1) is 12.3. The Labute approximate surface area is 104 Å². The molecule has 0 aromatic heterocycles. The lowest BCUT2D eigenvalue weighted by atomic mass is 10.0. The minimum Gasteiger partial charge on any atom is -0.347 e. The predicted molar refractivity (Wildman–Crippen MR) is 67.0 cm³/mol. The fraction of sp³-hybridized carbons (Fsp3) is 0.455. The van der Waals surface area contributed by atoms with Gasteiger partial charge in [-0.2, -0.15) is 0 Å². The summed E-state index contributed by atoms with van der Waals surface area (Å²) in [6, 6.07) is 8.24. The minimum absolute atomic E-state index is 0.599. The van der Waals surface area contributed by atoms with Gasteiger partial charge in [0.25, 0.3) is 0 Å². The van der Waals surface area contributed by atoms with Gasteiger partial charge in [-0.05, 0) is 12.0 Å². The summed E-state index contributed by atoms with van der Waals surface area (Å²) in [4.78, 5) is 0. The molecule has 1 aliphatic heterocycles. The van der Waals surface area contributed by atoms with Crippen LogP contribution in [0.15, 0.2) is 24.3 Å². The van der Waals surface area contributed by atoms with Gasteiger partial charge in [0.1, 0.15) is 0 Å². The Morgan fingerprint density at radius 1 is 1.19 bits per heavy atom. The molecule has 0 fully saturated rings. The van der Waals surface area contributed by atoms with Gasteiger partial charge in [-0.25, -0.2) is 0 Å². The fourth-order valence-electron chi connectivity index (χ4n) is 1.78. The summed E-state index contributed by atoms with van der Waals surface area (Å²) in [5.41, 5.74) is 2.42. The van der Waals surface area contributed by atoms with Crippen LogP contribution < -0.4 is 0 Å². The maximum Gasteiger partial charge on any atom is 0.237 e. The first-order valence-electron chi connectivity index (χ1n) is 4.98. The first-order chi connectivity index (χ1) is 7.82. The Balaban J connectivity index is 2.39. The number of ether oxygens (including phenoxy) is 1. The van der Waals surface area contributed by atoms with E-state index in [1.807, 2.05) is 12.1 Å². The van der Waals surface area contributed by atoms with Gasteiger partial charge in [-0.3, -0.25) is 0 Å². The summed E-state index contributed by atoms with van der Waals surface area (Å²) >= 11 is 2.57. The van der Waals surface area contributed by atoms with Crippen LogP contribution in [0.5, 0.6) is 0 Å². The summed E-state index contributed by atoms with van der Waals surface area (Å²) in [5, 5.41) is 0. The molecule has 0 aliphatic carbocycles. The van der Waals surface area contributed by atoms with E-state index in [2.05, 4.69) is 12.1 Å². The lowest BCUT2D eigenvalue weighted by Gasteiger charge is -2.35. The summed E-state index contributed by atoms with van der Waals surface area (Å²) < 4.78 is 15.6. The molecule has 0 unspecified atom stereocenters. The van der Waals surface area contributed by atoms with Crippen LogP contribution in [0.3, 0.4) is 0 Å². The summed E-state index contributed by atoms with van der Waals surface area (Å²) in [6.45, 7) is 0.684. The second-order valence-corrected chi connectivity index (χ2v) is 5.72. The maximum absolute atomic E-state index is 5.85. The third-order valence-corrected chi connectivity index (χ3v) is 4.25. The van der Waals surface area contributed by atoms with E-state index in [1.165, 1.54) is 29.6 Å². The normalized spacial score (nSPS) is 18.1. The highest BCUT2D eigenvalue weighted by molar-refractivity contribution is 8.13. The molecule has 0 saturated carbocycles. The molecular weight excluding hydrogens is 244 g/mol. The molecule has 1 aromatic rings. The van der Waals surface area contributed by atoms with E-state index in [-0.39, 0.29) is 0 Å². The molecule has 1 heterocycles. The summed E-state index contributed by atoms with van der Waals surface area (Å²) in [5.74, 6) is 0. The van der Waals surface area contributed by atoms with Crippen molar-refractivity contribution in [1.29, 1.82) is 0 Å². The van der Waals surface area contributed by atoms with E-state index in [1.54, 1.807) is 14.2 Å². The molecule has 1 aliphatic rings. The molecule has 1 aromatic carbocycles. The fourth-order valence-corrected chi connectivity index (χ4v) is 3.58. The zero-order valence-electron chi connectivity index (χ0n) is 9.26. The Hall–Kier alpha value is -0.200. The van der Waals surface area contributed by atoms with E-state index in [0.717, 1.165) is 12.0 Å². The Kier molecular flexibility index (Phi) is 4.16. The number of fused-ring (bicyclic) bond motifs is 1. The van der Waals surface area contributed by atoms with Crippen LogP contribution in [0.2, 0.25) is 0 Å². The maximum atomic E-state index is 5.85. The van der Waals surface area contributed by atoms with Crippen LogP contribution in [0.4, 0.5) is 0 Å². The highest BCUT2D eigenvalue weighted by Gasteiger charge is 2.41. The van der Waals surface area contributed by atoms with E-state index < -0.39 is 4.27 Å². The van der Waals surface area contributed by atoms with Gasteiger partial charge in [0.15, 0.2) is 0 Å². The number of hydrogen-bond donors (Lipinski definition) is 0. The zero-order valence-corrected chi connectivity index (χ0v) is 10.9. The molecule has 16 heavy (non-hydrogen) atoms. The molecule has 0 saturated heterocycles. The van der Waals surface area contributed by atoms with Crippen LogP contribution in [-0.4, -0.2) is 20.8 Å². The van der Waals surface area contributed by atoms with Crippen LogP contribution in [0, 0.1) is 0 Å². The predicted octanol–water partition coefficient (Wildman–Crippen LogP) is 2.96. The molecule has 0 radical (unpaired) electrons.